The molecule has 0 fully saturated rings. The summed E-state index contributed by atoms with van der Waals surface area (Å²) in [5.74, 6) is 0. The Morgan fingerprint density at radius 1 is 0.667 bits per heavy atom. The summed E-state index contributed by atoms with van der Waals surface area (Å²) in [5, 5.41) is 0. The molecule has 0 amide bonds. The summed E-state index contributed by atoms with van der Waals surface area (Å²) >= 11 is 0. The molecule has 0 heterocycles. The monoisotopic (exact) mass is 198 g/mol. The van der Waals surface area contributed by atoms with E-state index in [2.05, 4.69) is 0 Å². The van der Waals surface area contributed by atoms with E-state index in [1.165, 1.54) is 0 Å². The van der Waals surface area contributed by atoms with Gasteiger partial charge in [0.15, 0.2) is 0 Å². The Kier molecular flexibility index (Phi) is 2.52. The molecule has 9 heavy (non-hydrogen) atoms. The van der Waals surface area contributed by atoms with Gasteiger partial charge in [0.2, 0.25) is 0 Å². The van der Waals surface area contributed by atoms with Crippen LogP contribution in [0.1, 0.15) is 0 Å². The van der Waals surface area contributed by atoms with Gasteiger partial charge >= 0.3 is 17.2 Å². The van der Waals surface area contributed by atoms with Crippen LogP contribution in [-0.4, -0.2) is 25.7 Å². The first-order valence-electron chi connectivity index (χ1n) is 1.63. The van der Waals surface area contributed by atoms with Gasteiger partial charge in [-0.2, -0.15) is 0 Å². The van der Waals surface area contributed by atoms with Crippen molar-refractivity contribution in [3.8, 4) is 0 Å². The maximum Gasteiger partial charge on any atom is 0.583 e. The predicted molar refractivity (Wildman–Crippen MR) is 23.9 cm³/mol. The van der Waals surface area contributed by atoms with E-state index in [0.29, 0.717) is 0 Å². The maximum absolute atomic E-state index is 11.0. The lowest BCUT2D eigenvalue weighted by molar-refractivity contribution is 0.497. The van der Waals surface area contributed by atoms with E-state index in [4.69, 9.17) is 0 Å². The van der Waals surface area contributed by atoms with Crippen LogP contribution in [0.2, 0.25) is 0 Å². The van der Waals surface area contributed by atoms with Crippen LogP contribution < -0.4 is 0 Å². The van der Waals surface area contributed by atoms with Gasteiger partial charge in [0, 0.05) is 0 Å². The van der Waals surface area contributed by atoms with Crippen molar-refractivity contribution < 1.29 is 24.6 Å². The van der Waals surface area contributed by atoms with Gasteiger partial charge < -0.3 is 0 Å². The summed E-state index contributed by atoms with van der Waals surface area (Å²) in [5.41, 5.74) is 0. The molecule has 0 spiro atoms. The first-order valence-corrected chi connectivity index (χ1v) is 7.90. The highest BCUT2D eigenvalue weighted by atomic mass is 29.6. The molecule has 0 unspecified atom stereocenters. The third-order valence-corrected chi connectivity index (χ3v) is 7.65. The molecule has 0 aromatic carbocycles. The SMILES string of the molecule is F[Si](F)(F)[Si][Si](F)(F)F. The first kappa shape index (κ1) is 9.23. The van der Waals surface area contributed by atoms with E-state index >= 15 is 0 Å². The summed E-state index contributed by atoms with van der Waals surface area (Å²) < 4.78 is 66.1. The molecule has 0 aromatic rings. The van der Waals surface area contributed by atoms with E-state index < -0.39 is 25.7 Å². The zero-order valence-electron chi connectivity index (χ0n) is 3.77. The van der Waals surface area contributed by atoms with Crippen LogP contribution in [0.5, 0.6) is 0 Å². The summed E-state index contributed by atoms with van der Waals surface area (Å²) in [4.78, 5) is 0. The van der Waals surface area contributed by atoms with E-state index in [9.17, 15) is 24.6 Å². The zero-order chi connectivity index (χ0) is 7.71. The van der Waals surface area contributed by atoms with Crippen LogP contribution in [0.25, 0.3) is 0 Å². The second kappa shape index (κ2) is 2.46. The molecular weight excluding hydrogens is 198 g/mol. The largest absolute Gasteiger partial charge is 0.583 e. The molecule has 0 bridgehead atoms. The van der Waals surface area contributed by atoms with Crippen LogP contribution in [0, 0.1) is 0 Å². The van der Waals surface area contributed by atoms with Gasteiger partial charge in [-0.1, -0.05) is 0 Å². The molecule has 0 aromatic heterocycles. The molecule has 0 aliphatic rings. The van der Waals surface area contributed by atoms with Crippen LogP contribution in [0.15, 0.2) is 0 Å². The molecule has 0 nitrogen and oxygen atoms in total. The lowest BCUT2D eigenvalue weighted by Gasteiger charge is -2.00. The van der Waals surface area contributed by atoms with E-state index in [1.807, 2.05) is 0 Å². The topological polar surface area (TPSA) is 0 Å². The van der Waals surface area contributed by atoms with Crippen LogP contribution in [-0.2, 0) is 0 Å². The third kappa shape index (κ3) is 8.23. The average molecular weight is 198 g/mol. The summed E-state index contributed by atoms with van der Waals surface area (Å²) in [6.07, 6.45) is 0. The number of halogens is 6. The first-order chi connectivity index (χ1) is 3.71. The van der Waals surface area contributed by atoms with E-state index in [1.54, 1.807) is 0 Å². The average Bonchev–Trinajstić information content (AvgIpc) is 1.14. The van der Waals surface area contributed by atoms with Gasteiger partial charge in [-0.15, -0.1) is 0 Å². The fourth-order valence-electron chi connectivity index (χ4n) is 0.161. The minimum Gasteiger partial charge on any atom is -0.241 e. The zero-order valence-corrected chi connectivity index (χ0v) is 6.77. The summed E-state index contributed by atoms with van der Waals surface area (Å²) in [6.45, 7) is 0. The lowest BCUT2D eigenvalue weighted by Crippen LogP contribution is -2.42. The fraction of sp³-hybridized carbons (Fsp3) is 0. The van der Waals surface area contributed by atoms with Crippen molar-refractivity contribution in [1.29, 1.82) is 0 Å². The standard InChI is InChI=1S/F6Si3/c1-8(2,3)7-9(4,5)6. The predicted octanol–water partition coefficient (Wildman–Crippen LogP) is 1.38. The van der Waals surface area contributed by atoms with Gasteiger partial charge in [-0.25, -0.2) is 24.6 Å². The quantitative estimate of drug-likeness (QED) is 0.357. The van der Waals surface area contributed by atoms with Crippen molar-refractivity contribution in [1.82, 2.24) is 0 Å². The lowest BCUT2D eigenvalue weighted by atomic mass is 18.7. The normalized spacial score (nSPS) is 14.0. The highest BCUT2D eigenvalue weighted by molar-refractivity contribution is 7.43. The Morgan fingerprint density at radius 2 is 0.889 bits per heavy atom. The maximum atomic E-state index is 11.0. The van der Waals surface area contributed by atoms with Crippen molar-refractivity contribution in [3.05, 3.63) is 0 Å². The smallest absolute Gasteiger partial charge is 0.241 e. The minimum absolute atomic E-state index is 2.67. The van der Waals surface area contributed by atoms with E-state index in [0.717, 1.165) is 0 Å². The Bertz CT molecular complexity index is 73.5. The molecule has 0 aliphatic carbocycles. The molecule has 0 rings (SSSR count). The van der Waals surface area contributed by atoms with Gasteiger partial charge in [-0.05, 0) is 0 Å². The number of rotatable bonds is 2. The van der Waals surface area contributed by atoms with Crippen molar-refractivity contribution in [2.24, 2.45) is 0 Å². The van der Waals surface area contributed by atoms with Gasteiger partial charge in [0.05, 0.1) is 0 Å². The van der Waals surface area contributed by atoms with E-state index in [-0.39, 0.29) is 0 Å². The summed E-state index contributed by atoms with van der Waals surface area (Å²) in [7, 11) is -15.3. The van der Waals surface area contributed by atoms with Gasteiger partial charge in [-0.3, -0.25) is 0 Å². The second-order valence-electron chi connectivity index (χ2n) is 1.12. The summed E-state index contributed by atoms with van der Waals surface area (Å²) in [6, 6.07) is 0. The van der Waals surface area contributed by atoms with Crippen molar-refractivity contribution in [2.75, 3.05) is 0 Å². The fourth-order valence-corrected chi connectivity index (χ4v) is 4.34. The molecule has 9 heteroatoms. The van der Waals surface area contributed by atoms with Crippen molar-refractivity contribution in [2.45, 2.75) is 0 Å². The number of hydrogen-bond acceptors (Lipinski definition) is 0. The Labute approximate surface area is 51.3 Å². The Balaban J connectivity index is 3.75. The van der Waals surface area contributed by atoms with Gasteiger partial charge in [0.1, 0.15) is 0 Å². The molecule has 0 N–H and O–H groups in total. The second-order valence-corrected chi connectivity index (χ2v) is 9.76. The molecular formula is F6Si3. The molecule has 0 saturated carbocycles. The highest BCUT2D eigenvalue weighted by Gasteiger charge is 2.55. The number of hydrogen-bond donors (Lipinski definition) is 0. The molecule has 0 atom stereocenters. The molecule has 0 aliphatic heterocycles. The van der Waals surface area contributed by atoms with Crippen LogP contribution in [0.3, 0.4) is 0 Å². The molecule has 2 radical (unpaired) electrons. The Morgan fingerprint density at radius 3 is 0.889 bits per heavy atom. The van der Waals surface area contributed by atoms with Crippen molar-refractivity contribution in [3.63, 3.8) is 0 Å². The van der Waals surface area contributed by atoms with Crippen molar-refractivity contribution >= 4 is 25.7 Å². The minimum atomic E-state index is -6.33. The molecule has 54 valence electrons. The van der Waals surface area contributed by atoms with Crippen LogP contribution >= 0.6 is 0 Å². The van der Waals surface area contributed by atoms with Gasteiger partial charge in [0.25, 0.3) is 8.55 Å². The van der Waals surface area contributed by atoms with Crippen LogP contribution in [0.4, 0.5) is 24.6 Å². The highest BCUT2D eigenvalue weighted by Crippen LogP contribution is 2.15. The third-order valence-electron chi connectivity index (χ3n) is 0.283. The molecule has 0 saturated heterocycles. The Hall–Kier alpha value is 0.231.